The molecule has 4 aromatic carbocycles. The summed E-state index contributed by atoms with van der Waals surface area (Å²) in [6.07, 6.45) is -0.153. The Morgan fingerprint density at radius 2 is 1.46 bits per heavy atom. The second-order valence-corrected chi connectivity index (χ2v) is 12.9. The summed E-state index contributed by atoms with van der Waals surface area (Å²) in [5, 5.41) is 9.86. The Morgan fingerprint density at radius 1 is 0.815 bits per heavy atom. The fourth-order valence-electron chi connectivity index (χ4n) is 5.95. The Morgan fingerprint density at radius 3 is 2.09 bits per heavy atom. The Hall–Kier alpha value is -6.65. The van der Waals surface area contributed by atoms with E-state index in [1.54, 1.807) is 42.5 Å². The standard InChI is InChI=1S/C41H33N3O9S/c1-49-33-13-9-8-12-28(33)32(45)23-53-41(48)25-14-16-27(17-15-25)44-37(46)21-36(40(44)47)54-39-30(22-42)29(20-31(43-39)24-10-6-5-7-11-24)26-18-34(50-2)38(52-4)35(19-26)51-3/h5-20,36H,21,23H2,1-4H3. The molecule has 6 rings (SSSR count). The zero-order valence-electron chi connectivity index (χ0n) is 29.7. The summed E-state index contributed by atoms with van der Waals surface area (Å²) in [5.74, 6) is -0.644. The van der Waals surface area contributed by atoms with Crippen LogP contribution in [0.5, 0.6) is 23.0 Å². The van der Waals surface area contributed by atoms with Crippen LogP contribution < -0.4 is 23.8 Å². The number of hydrogen-bond donors (Lipinski definition) is 0. The number of methoxy groups -OCH3 is 4. The van der Waals surface area contributed by atoms with E-state index in [0.29, 0.717) is 39.8 Å². The van der Waals surface area contributed by atoms with E-state index in [1.807, 2.05) is 30.3 Å². The first-order chi connectivity index (χ1) is 26.2. The number of carbonyl (C=O) groups excluding carboxylic acids is 4. The molecule has 272 valence electrons. The molecule has 13 heteroatoms. The van der Waals surface area contributed by atoms with Crippen molar-refractivity contribution in [3.05, 3.63) is 114 Å². The van der Waals surface area contributed by atoms with Gasteiger partial charge in [-0.25, -0.2) is 14.7 Å². The van der Waals surface area contributed by atoms with E-state index in [1.165, 1.54) is 52.7 Å². The first-order valence-electron chi connectivity index (χ1n) is 16.5. The Balaban J connectivity index is 1.26. The van der Waals surface area contributed by atoms with Gasteiger partial charge in [0, 0.05) is 17.5 Å². The Labute approximate surface area is 315 Å². The molecule has 0 N–H and O–H groups in total. The van der Waals surface area contributed by atoms with Gasteiger partial charge in [-0.2, -0.15) is 5.26 Å². The van der Waals surface area contributed by atoms with Crippen molar-refractivity contribution >= 4 is 41.0 Å². The topological polar surface area (TPSA) is 154 Å². The minimum absolute atomic E-state index is 0.122. The summed E-state index contributed by atoms with van der Waals surface area (Å²) in [4.78, 5) is 58.4. The van der Waals surface area contributed by atoms with E-state index in [2.05, 4.69) is 6.07 Å². The maximum atomic E-state index is 13.8. The lowest BCUT2D eigenvalue weighted by molar-refractivity contribution is -0.121. The molecule has 0 radical (unpaired) electrons. The molecule has 1 aliphatic heterocycles. The molecular weight excluding hydrogens is 711 g/mol. The zero-order valence-corrected chi connectivity index (χ0v) is 30.5. The molecule has 0 aliphatic carbocycles. The predicted molar refractivity (Wildman–Crippen MR) is 200 cm³/mol. The van der Waals surface area contributed by atoms with Gasteiger partial charge < -0.3 is 23.7 Å². The fourth-order valence-corrected chi connectivity index (χ4v) is 7.08. The number of benzene rings is 4. The number of rotatable bonds is 13. The maximum absolute atomic E-state index is 13.8. The van der Waals surface area contributed by atoms with Gasteiger partial charge in [-0.05, 0) is 60.2 Å². The number of Topliss-reactive ketones (excluding diaryl/α,β-unsaturated/α-hetero) is 1. The first kappa shape index (κ1) is 37.1. The molecular formula is C41H33N3O9S. The molecule has 2 amide bonds. The van der Waals surface area contributed by atoms with Crippen LogP contribution in [0.15, 0.2) is 102 Å². The number of amides is 2. The zero-order chi connectivity index (χ0) is 38.4. The van der Waals surface area contributed by atoms with E-state index >= 15 is 0 Å². The number of aromatic nitrogens is 1. The molecule has 2 heterocycles. The normalized spacial score (nSPS) is 13.6. The number of imide groups is 1. The van der Waals surface area contributed by atoms with Crippen LogP contribution in [-0.4, -0.2) is 68.8 Å². The number of ether oxygens (including phenoxy) is 5. The number of nitriles is 1. The van der Waals surface area contributed by atoms with Crippen molar-refractivity contribution in [1.82, 2.24) is 4.98 Å². The lowest BCUT2D eigenvalue weighted by Gasteiger charge is -2.18. The molecule has 1 aliphatic rings. The molecule has 0 bridgehead atoms. The highest BCUT2D eigenvalue weighted by Gasteiger charge is 2.41. The molecule has 1 atom stereocenters. The van der Waals surface area contributed by atoms with Gasteiger partial charge in [0.2, 0.25) is 23.3 Å². The van der Waals surface area contributed by atoms with E-state index in [4.69, 9.17) is 28.7 Å². The Bertz CT molecular complexity index is 2260. The van der Waals surface area contributed by atoms with Crippen LogP contribution in [0.3, 0.4) is 0 Å². The van der Waals surface area contributed by atoms with Gasteiger partial charge in [0.1, 0.15) is 16.8 Å². The van der Waals surface area contributed by atoms with Crippen LogP contribution in [0.2, 0.25) is 0 Å². The number of carbonyl (C=O) groups is 4. The molecule has 12 nitrogen and oxygen atoms in total. The summed E-state index contributed by atoms with van der Waals surface area (Å²) in [5.41, 5.74) is 3.25. The van der Waals surface area contributed by atoms with Crippen LogP contribution in [0.4, 0.5) is 5.69 Å². The van der Waals surface area contributed by atoms with Crippen LogP contribution in [-0.2, 0) is 14.3 Å². The summed E-state index contributed by atoms with van der Waals surface area (Å²) >= 11 is 1.03. The van der Waals surface area contributed by atoms with E-state index < -0.39 is 35.4 Å². The molecule has 0 saturated carbocycles. The number of anilines is 1. The van der Waals surface area contributed by atoms with E-state index in [-0.39, 0.29) is 33.8 Å². The summed E-state index contributed by atoms with van der Waals surface area (Å²) in [7, 11) is 5.93. The SMILES string of the molecule is COc1ccccc1C(=O)COC(=O)c1ccc(N2C(=O)CC(Sc3nc(-c4ccccc4)cc(-c4cc(OC)c(OC)c(OC)c4)c3C#N)C2=O)cc1. The highest BCUT2D eigenvalue weighted by molar-refractivity contribution is 8.00. The molecule has 5 aromatic rings. The minimum Gasteiger partial charge on any atom is -0.496 e. The summed E-state index contributed by atoms with van der Waals surface area (Å²) in [6, 6.07) is 29.2. The fraction of sp³-hybridized carbons (Fsp3) is 0.171. The molecule has 1 unspecified atom stereocenters. The number of pyridine rings is 1. The second-order valence-electron chi connectivity index (χ2n) is 11.8. The van der Waals surface area contributed by atoms with Crippen molar-refractivity contribution in [2.45, 2.75) is 16.7 Å². The number of para-hydroxylation sites is 1. The highest BCUT2D eigenvalue weighted by Crippen LogP contribution is 2.44. The highest BCUT2D eigenvalue weighted by atomic mass is 32.2. The number of thioether (sulfide) groups is 1. The van der Waals surface area contributed by atoms with Crippen LogP contribution in [0, 0.1) is 11.3 Å². The van der Waals surface area contributed by atoms with Gasteiger partial charge in [0.25, 0.3) is 0 Å². The quantitative estimate of drug-likeness (QED) is 0.0709. The number of nitrogens with zero attached hydrogens (tertiary/aromatic N) is 3. The third-order valence-corrected chi connectivity index (χ3v) is 9.78. The minimum atomic E-state index is -0.901. The average Bonchev–Trinajstić information content (AvgIpc) is 3.50. The van der Waals surface area contributed by atoms with Crippen molar-refractivity contribution in [3.8, 4) is 51.5 Å². The Kier molecular flexibility index (Phi) is 11.2. The number of hydrogen-bond acceptors (Lipinski definition) is 12. The van der Waals surface area contributed by atoms with Crippen LogP contribution >= 0.6 is 11.8 Å². The summed E-state index contributed by atoms with van der Waals surface area (Å²) in [6.45, 7) is -0.506. The number of ketones is 1. The molecule has 0 spiro atoms. The van der Waals surface area contributed by atoms with Crippen molar-refractivity contribution in [2.24, 2.45) is 0 Å². The van der Waals surface area contributed by atoms with Crippen LogP contribution in [0.1, 0.15) is 32.7 Å². The van der Waals surface area contributed by atoms with Gasteiger partial charge in [0.05, 0.1) is 61.8 Å². The van der Waals surface area contributed by atoms with E-state index in [0.717, 1.165) is 22.2 Å². The molecule has 1 aromatic heterocycles. The second kappa shape index (κ2) is 16.4. The van der Waals surface area contributed by atoms with Crippen molar-refractivity contribution in [2.75, 3.05) is 39.9 Å². The van der Waals surface area contributed by atoms with Crippen molar-refractivity contribution < 1.29 is 42.9 Å². The van der Waals surface area contributed by atoms with Crippen LogP contribution in [0.25, 0.3) is 22.4 Å². The smallest absolute Gasteiger partial charge is 0.338 e. The first-order valence-corrected chi connectivity index (χ1v) is 17.4. The van der Waals surface area contributed by atoms with Gasteiger partial charge in [-0.15, -0.1) is 0 Å². The van der Waals surface area contributed by atoms with Gasteiger partial charge in [-0.1, -0.05) is 54.2 Å². The van der Waals surface area contributed by atoms with Gasteiger partial charge in [-0.3, -0.25) is 14.4 Å². The third kappa shape index (κ3) is 7.46. The van der Waals surface area contributed by atoms with Crippen molar-refractivity contribution in [3.63, 3.8) is 0 Å². The maximum Gasteiger partial charge on any atom is 0.338 e. The summed E-state index contributed by atoms with van der Waals surface area (Å²) < 4.78 is 27.1. The lowest BCUT2D eigenvalue weighted by atomic mass is 9.98. The van der Waals surface area contributed by atoms with E-state index in [9.17, 15) is 24.4 Å². The van der Waals surface area contributed by atoms with Gasteiger partial charge in [0.15, 0.2) is 18.1 Å². The predicted octanol–water partition coefficient (Wildman–Crippen LogP) is 6.79. The lowest BCUT2D eigenvalue weighted by Crippen LogP contribution is -2.31. The molecule has 54 heavy (non-hydrogen) atoms. The molecule has 1 fully saturated rings. The number of esters is 1. The largest absolute Gasteiger partial charge is 0.496 e. The molecule has 1 saturated heterocycles. The monoisotopic (exact) mass is 743 g/mol. The third-order valence-electron chi connectivity index (χ3n) is 8.61. The average molecular weight is 744 g/mol. The van der Waals surface area contributed by atoms with Gasteiger partial charge >= 0.3 is 5.97 Å². The van der Waals surface area contributed by atoms with Crippen molar-refractivity contribution in [1.29, 1.82) is 5.26 Å².